The predicted octanol–water partition coefficient (Wildman–Crippen LogP) is 2.95. The molecule has 0 spiro atoms. The van der Waals surface area contributed by atoms with Crippen molar-refractivity contribution in [3.05, 3.63) is 57.3 Å². The molecule has 28 heavy (non-hydrogen) atoms. The van der Waals surface area contributed by atoms with Gasteiger partial charge in [0, 0.05) is 16.8 Å². The molecule has 0 saturated heterocycles. The number of hydrogen-bond donors (Lipinski definition) is 0. The summed E-state index contributed by atoms with van der Waals surface area (Å²) < 4.78 is 14.1. The fraction of sp³-hybridized carbons (Fsp3) is 0.250. The Morgan fingerprint density at radius 2 is 2.07 bits per heavy atom. The van der Waals surface area contributed by atoms with Gasteiger partial charge in [0.25, 0.3) is 5.56 Å². The quantitative estimate of drug-likeness (QED) is 0.484. The number of thiophene rings is 1. The maximum Gasteiger partial charge on any atom is 0.327 e. The minimum absolute atomic E-state index is 0.220. The number of fused-ring (bicyclic) bond motifs is 3. The van der Waals surface area contributed by atoms with Gasteiger partial charge in [-0.25, -0.2) is 4.68 Å². The van der Waals surface area contributed by atoms with Crippen molar-refractivity contribution >= 4 is 38.4 Å². The molecule has 8 heteroatoms. The van der Waals surface area contributed by atoms with Crippen molar-refractivity contribution in [2.75, 3.05) is 14.2 Å². The zero-order valence-electron chi connectivity index (χ0n) is 15.8. The molecular formula is C20H19N3O4S. The summed E-state index contributed by atoms with van der Waals surface area (Å²) in [5.74, 6) is 0.244. The van der Waals surface area contributed by atoms with Crippen molar-refractivity contribution in [2.24, 2.45) is 0 Å². The highest BCUT2D eigenvalue weighted by molar-refractivity contribution is 7.20. The number of nitrogens with zero attached hydrogens (tertiary/aromatic N) is 3. The predicted molar refractivity (Wildman–Crippen MR) is 108 cm³/mol. The number of carbonyl (C=O) groups excluding carboxylic acids is 1. The molecule has 0 aliphatic heterocycles. The molecule has 1 aromatic carbocycles. The van der Waals surface area contributed by atoms with Crippen LogP contribution >= 0.6 is 11.3 Å². The summed E-state index contributed by atoms with van der Waals surface area (Å²) in [6.45, 7) is 2.32. The first kappa shape index (κ1) is 18.2. The first-order valence-corrected chi connectivity index (χ1v) is 9.51. The fourth-order valence-corrected chi connectivity index (χ4v) is 4.36. The van der Waals surface area contributed by atoms with Gasteiger partial charge in [0.05, 0.1) is 30.6 Å². The van der Waals surface area contributed by atoms with E-state index in [1.165, 1.54) is 7.11 Å². The van der Waals surface area contributed by atoms with E-state index < -0.39 is 5.97 Å². The molecule has 0 aliphatic rings. The average Bonchev–Trinajstić information content (AvgIpc) is 3.20. The Bertz CT molecular complexity index is 1250. The first-order valence-electron chi connectivity index (χ1n) is 8.70. The second kappa shape index (κ2) is 7.12. The highest BCUT2D eigenvalue weighted by atomic mass is 32.1. The topological polar surface area (TPSA) is 75.3 Å². The molecule has 0 unspecified atom stereocenters. The molecule has 144 valence electrons. The summed E-state index contributed by atoms with van der Waals surface area (Å²) in [4.78, 5) is 25.9. The second-order valence-electron chi connectivity index (χ2n) is 6.45. The number of aromatic nitrogens is 3. The smallest absolute Gasteiger partial charge is 0.327 e. The lowest BCUT2D eigenvalue weighted by atomic mass is 10.2. The Kier molecular flexibility index (Phi) is 4.64. The second-order valence-corrected chi connectivity index (χ2v) is 7.71. The van der Waals surface area contributed by atoms with E-state index >= 15 is 0 Å². The Labute approximate surface area is 164 Å². The van der Waals surface area contributed by atoms with E-state index in [2.05, 4.69) is 15.9 Å². The van der Waals surface area contributed by atoms with Crippen LogP contribution in [0.1, 0.15) is 10.4 Å². The zero-order valence-corrected chi connectivity index (χ0v) is 16.6. The molecular weight excluding hydrogens is 378 g/mol. The zero-order chi connectivity index (χ0) is 19.8. The largest absolute Gasteiger partial charge is 0.497 e. The number of ether oxygens (including phenoxy) is 2. The van der Waals surface area contributed by atoms with Crippen LogP contribution < -0.4 is 10.3 Å². The van der Waals surface area contributed by atoms with Gasteiger partial charge >= 0.3 is 5.97 Å². The standard InChI is InChI=1S/C20H19N3O4S/c1-12-7-16-19(28-12)15-9-21-23(11-17(24)27-3)20(25)18(15)22(16)10-13-5-4-6-14(8-13)26-2/h4-9H,10-11H2,1-3H3. The minimum Gasteiger partial charge on any atom is -0.497 e. The van der Waals surface area contributed by atoms with Crippen LogP contribution in [0, 0.1) is 6.92 Å². The van der Waals surface area contributed by atoms with Crippen molar-refractivity contribution in [1.29, 1.82) is 0 Å². The highest BCUT2D eigenvalue weighted by Crippen LogP contribution is 2.34. The van der Waals surface area contributed by atoms with Gasteiger partial charge in [0.1, 0.15) is 17.8 Å². The van der Waals surface area contributed by atoms with Gasteiger partial charge < -0.3 is 14.0 Å². The molecule has 0 saturated carbocycles. The molecule has 0 radical (unpaired) electrons. The van der Waals surface area contributed by atoms with Gasteiger partial charge in [-0.3, -0.25) is 9.59 Å². The maximum absolute atomic E-state index is 13.1. The Morgan fingerprint density at radius 3 is 2.82 bits per heavy atom. The lowest BCUT2D eigenvalue weighted by molar-refractivity contribution is -0.141. The van der Waals surface area contributed by atoms with Gasteiger partial charge in [0.15, 0.2) is 0 Å². The minimum atomic E-state index is -0.516. The summed E-state index contributed by atoms with van der Waals surface area (Å²) >= 11 is 1.63. The van der Waals surface area contributed by atoms with Gasteiger partial charge in [-0.15, -0.1) is 11.3 Å². The summed E-state index contributed by atoms with van der Waals surface area (Å²) in [5, 5.41) is 4.97. The lowest BCUT2D eigenvalue weighted by Gasteiger charge is -2.09. The van der Waals surface area contributed by atoms with Gasteiger partial charge in [0.2, 0.25) is 0 Å². The van der Waals surface area contributed by atoms with Gasteiger partial charge in [-0.2, -0.15) is 5.10 Å². The van der Waals surface area contributed by atoms with Crippen LogP contribution in [0.15, 0.2) is 41.3 Å². The van der Waals surface area contributed by atoms with E-state index in [4.69, 9.17) is 4.74 Å². The number of esters is 1. The molecule has 7 nitrogen and oxygen atoms in total. The number of hydrogen-bond acceptors (Lipinski definition) is 6. The normalized spacial score (nSPS) is 11.2. The Morgan fingerprint density at radius 1 is 1.25 bits per heavy atom. The number of methoxy groups -OCH3 is 2. The molecule has 0 bridgehead atoms. The highest BCUT2D eigenvalue weighted by Gasteiger charge is 2.19. The number of benzene rings is 1. The van der Waals surface area contributed by atoms with E-state index in [0.717, 1.165) is 36.5 Å². The molecule has 3 aromatic heterocycles. The van der Waals surface area contributed by atoms with Crippen LogP contribution in [-0.2, 0) is 22.6 Å². The summed E-state index contributed by atoms with van der Waals surface area (Å²) in [6, 6.07) is 9.82. The molecule has 4 aromatic rings. The molecule has 0 fully saturated rings. The number of aryl methyl sites for hydroxylation is 1. The van der Waals surface area contributed by atoms with Crippen molar-refractivity contribution in [3.63, 3.8) is 0 Å². The molecule has 4 rings (SSSR count). The van der Waals surface area contributed by atoms with Crippen LogP contribution in [0.25, 0.3) is 21.1 Å². The molecule has 0 N–H and O–H groups in total. The summed E-state index contributed by atoms with van der Waals surface area (Å²) in [7, 11) is 2.91. The third-order valence-electron chi connectivity index (χ3n) is 4.64. The average molecular weight is 397 g/mol. The molecule has 0 atom stereocenters. The van der Waals surface area contributed by atoms with Crippen LogP contribution in [-0.4, -0.2) is 34.5 Å². The monoisotopic (exact) mass is 397 g/mol. The maximum atomic E-state index is 13.1. The summed E-state index contributed by atoms with van der Waals surface area (Å²) in [6.07, 6.45) is 1.65. The van der Waals surface area contributed by atoms with Gasteiger partial charge in [-0.05, 0) is 30.7 Å². The third-order valence-corrected chi connectivity index (χ3v) is 5.71. The van der Waals surface area contributed by atoms with Crippen molar-refractivity contribution in [1.82, 2.24) is 14.3 Å². The van der Waals surface area contributed by atoms with Crippen LogP contribution in [0.4, 0.5) is 0 Å². The van der Waals surface area contributed by atoms with Crippen LogP contribution in [0.5, 0.6) is 5.75 Å². The van der Waals surface area contributed by atoms with Crippen molar-refractivity contribution < 1.29 is 14.3 Å². The molecule has 0 amide bonds. The van der Waals surface area contributed by atoms with E-state index in [0.29, 0.717) is 12.1 Å². The number of rotatable bonds is 5. The number of carbonyl (C=O) groups is 1. The Balaban J connectivity index is 1.93. The van der Waals surface area contributed by atoms with E-state index in [-0.39, 0.29) is 12.1 Å². The fourth-order valence-electron chi connectivity index (χ4n) is 3.34. The van der Waals surface area contributed by atoms with Gasteiger partial charge in [-0.1, -0.05) is 12.1 Å². The lowest BCUT2D eigenvalue weighted by Crippen LogP contribution is -2.28. The first-order chi connectivity index (χ1) is 13.5. The third kappa shape index (κ3) is 3.05. The summed E-state index contributed by atoms with van der Waals surface area (Å²) in [5.41, 5.74) is 2.21. The van der Waals surface area contributed by atoms with Crippen molar-refractivity contribution in [3.8, 4) is 5.75 Å². The molecule has 0 aliphatic carbocycles. The SMILES string of the molecule is COC(=O)Cn1ncc2c3sc(C)cc3n(Cc3cccc(OC)c3)c2c1=O. The van der Waals surface area contributed by atoms with E-state index in [1.54, 1.807) is 24.6 Å². The Hall–Kier alpha value is -3.13. The van der Waals surface area contributed by atoms with Crippen LogP contribution in [0.3, 0.4) is 0 Å². The van der Waals surface area contributed by atoms with Crippen LogP contribution in [0.2, 0.25) is 0 Å². The van der Waals surface area contributed by atoms with E-state index in [1.807, 2.05) is 35.8 Å². The van der Waals surface area contributed by atoms with Crippen molar-refractivity contribution in [2.45, 2.75) is 20.0 Å². The molecule has 3 heterocycles. The van der Waals surface area contributed by atoms with E-state index in [9.17, 15) is 9.59 Å².